The number of hydrogen-bond donors (Lipinski definition) is 1. The number of fused-ring (bicyclic) bond motifs is 1. The molecule has 3 aromatic rings. The van der Waals surface area contributed by atoms with Gasteiger partial charge in [0.25, 0.3) is 0 Å². The number of methoxy groups -OCH3 is 3. The van der Waals surface area contributed by atoms with Crippen LogP contribution in [0.2, 0.25) is 0 Å². The van der Waals surface area contributed by atoms with Crippen LogP contribution in [0.1, 0.15) is 17.3 Å². The molecule has 4 rings (SSSR count). The van der Waals surface area contributed by atoms with Gasteiger partial charge in [-0.2, -0.15) is 0 Å². The molecule has 7 heteroatoms. The lowest BCUT2D eigenvalue weighted by Crippen LogP contribution is -2.44. The molecule has 1 atom stereocenters. The first-order valence-corrected chi connectivity index (χ1v) is 10.1. The number of rotatable bonds is 5. The van der Waals surface area contributed by atoms with Crippen LogP contribution in [0.15, 0.2) is 60.8 Å². The fraction of sp³-hybridized carbons (Fsp3) is 0.261. The van der Waals surface area contributed by atoms with Gasteiger partial charge in [0.15, 0.2) is 16.6 Å². The zero-order valence-electron chi connectivity index (χ0n) is 17.3. The Morgan fingerprint density at radius 1 is 0.933 bits per heavy atom. The summed E-state index contributed by atoms with van der Waals surface area (Å²) in [6.07, 6.45) is 2.11. The second-order valence-corrected chi connectivity index (χ2v) is 7.38. The Bertz CT molecular complexity index is 1030. The maximum absolute atomic E-state index is 5.83. The highest BCUT2D eigenvalue weighted by Gasteiger charge is 2.31. The van der Waals surface area contributed by atoms with Gasteiger partial charge in [0.05, 0.1) is 27.4 Å². The van der Waals surface area contributed by atoms with Crippen LogP contribution in [0.5, 0.6) is 17.2 Å². The first-order chi connectivity index (χ1) is 14.6. The van der Waals surface area contributed by atoms with Crippen molar-refractivity contribution in [2.45, 2.75) is 12.6 Å². The molecular weight excluding hydrogens is 398 g/mol. The largest absolute Gasteiger partial charge is 0.497 e. The summed E-state index contributed by atoms with van der Waals surface area (Å²) in [5.74, 6) is 2.22. The Hall–Kier alpha value is -3.19. The molecule has 1 aliphatic rings. The van der Waals surface area contributed by atoms with Crippen LogP contribution < -0.4 is 19.5 Å². The number of thiocarbonyl (C=S) groups is 1. The van der Waals surface area contributed by atoms with E-state index in [1.807, 2.05) is 36.4 Å². The van der Waals surface area contributed by atoms with Crippen LogP contribution in [0.4, 0.5) is 5.69 Å². The molecule has 1 N–H and O–H groups in total. The minimum atomic E-state index is -0.0354. The van der Waals surface area contributed by atoms with Crippen molar-refractivity contribution in [3.63, 3.8) is 0 Å². The van der Waals surface area contributed by atoms with Crippen LogP contribution in [-0.4, -0.2) is 42.5 Å². The van der Waals surface area contributed by atoms with Crippen molar-refractivity contribution in [1.82, 2.24) is 9.47 Å². The fourth-order valence-corrected chi connectivity index (χ4v) is 4.16. The second kappa shape index (κ2) is 8.67. The normalized spacial score (nSPS) is 15.3. The van der Waals surface area contributed by atoms with Crippen LogP contribution in [0.3, 0.4) is 0 Å². The van der Waals surface area contributed by atoms with Gasteiger partial charge in [-0.3, -0.25) is 0 Å². The summed E-state index contributed by atoms with van der Waals surface area (Å²) in [7, 11) is 4.95. The van der Waals surface area contributed by atoms with Gasteiger partial charge in [-0.15, -0.1) is 0 Å². The average molecular weight is 424 g/mol. The lowest BCUT2D eigenvalue weighted by atomic mass is 9.99. The number of aromatic nitrogens is 1. The molecule has 1 aromatic heterocycles. The van der Waals surface area contributed by atoms with Crippen LogP contribution in [0.25, 0.3) is 0 Å². The Kier molecular flexibility index (Phi) is 5.81. The topological polar surface area (TPSA) is 47.9 Å². The molecule has 0 radical (unpaired) electrons. The van der Waals surface area contributed by atoms with Crippen molar-refractivity contribution in [2.24, 2.45) is 0 Å². The standard InChI is InChI=1S/C23H25N3O3S/c1-27-18-9-7-17(8-10-18)24-23(30)26-14-13-25-12-4-5-19(25)22(26)16-6-11-20(28-2)21(15-16)29-3/h4-12,15,22H,13-14H2,1-3H3,(H,24,30)/t22-/m0/s1. The van der Waals surface area contributed by atoms with E-state index in [2.05, 4.69) is 39.2 Å². The number of benzene rings is 2. The summed E-state index contributed by atoms with van der Waals surface area (Å²) in [4.78, 5) is 2.22. The summed E-state index contributed by atoms with van der Waals surface area (Å²) in [6.45, 7) is 1.67. The number of hydrogen-bond acceptors (Lipinski definition) is 4. The van der Waals surface area contributed by atoms with Gasteiger partial charge in [-0.1, -0.05) is 6.07 Å². The van der Waals surface area contributed by atoms with E-state index in [0.717, 1.165) is 30.1 Å². The van der Waals surface area contributed by atoms with Gasteiger partial charge in [0, 0.05) is 30.7 Å². The smallest absolute Gasteiger partial charge is 0.174 e. The zero-order valence-corrected chi connectivity index (χ0v) is 18.1. The van der Waals surface area contributed by atoms with E-state index in [1.165, 1.54) is 5.69 Å². The number of ether oxygens (including phenoxy) is 3. The molecule has 0 amide bonds. The Morgan fingerprint density at radius 3 is 2.40 bits per heavy atom. The lowest BCUT2D eigenvalue weighted by molar-refractivity contribution is 0.291. The maximum atomic E-state index is 5.83. The van der Waals surface area contributed by atoms with Gasteiger partial charge in [-0.25, -0.2) is 0 Å². The minimum absolute atomic E-state index is 0.0354. The Balaban J connectivity index is 1.67. The second-order valence-electron chi connectivity index (χ2n) is 7.00. The molecule has 0 saturated heterocycles. The molecule has 156 valence electrons. The molecule has 0 saturated carbocycles. The third-order valence-corrected chi connectivity index (χ3v) is 5.70. The molecule has 2 heterocycles. The number of nitrogens with one attached hydrogen (secondary N) is 1. The maximum Gasteiger partial charge on any atom is 0.174 e. The molecule has 0 aliphatic carbocycles. The third kappa shape index (κ3) is 3.80. The highest BCUT2D eigenvalue weighted by Crippen LogP contribution is 2.37. The lowest BCUT2D eigenvalue weighted by Gasteiger charge is -2.39. The van der Waals surface area contributed by atoms with E-state index >= 15 is 0 Å². The van der Waals surface area contributed by atoms with Crippen LogP contribution >= 0.6 is 12.2 Å². The highest BCUT2D eigenvalue weighted by atomic mass is 32.1. The van der Waals surface area contributed by atoms with Gasteiger partial charge in [0.2, 0.25) is 0 Å². The SMILES string of the molecule is COc1ccc(NC(=S)N2CCn3cccc3[C@@H]2c2ccc(OC)c(OC)c2)cc1. The molecule has 30 heavy (non-hydrogen) atoms. The van der Waals surface area contributed by atoms with Gasteiger partial charge < -0.3 is 29.0 Å². The number of nitrogens with zero attached hydrogens (tertiary/aromatic N) is 2. The predicted molar refractivity (Wildman–Crippen MR) is 122 cm³/mol. The third-order valence-electron chi connectivity index (χ3n) is 5.36. The average Bonchev–Trinajstić information content (AvgIpc) is 3.27. The first-order valence-electron chi connectivity index (χ1n) is 9.73. The molecule has 2 aromatic carbocycles. The van der Waals surface area contributed by atoms with Crippen molar-refractivity contribution in [1.29, 1.82) is 0 Å². The minimum Gasteiger partial charge on any atom is -0.497 e. The van der Waals surface area contributed by atoms with Crippen molar-refractivity contribution < 1.29 is 14.2 Å². The van der Waals surface area contributed by atoms with E-state index in [4.69, 9.17) is 26.4 Å². The van der Waals surface area contributed by atoms with Crippen molar-refractivity contribution >= 4 is 23.0 Å². The van der Waals surface area contributed by atoms with Crippen molar-refractivity contribution in [2.75, 3.05) is 33.2 Å². The summed E-state index contributed by atoms with van der Waals surface area (Å²) in [5, 5.41) is 4.05. The van der Waals surface area contributed by atoms with E-state index in [9.17, 15) is 0 Å². The fourth-order valence-electron chi connectivity index (χ4n) is 3.85. The molecule has 0 fully saturated rings. The number of anilines is 1. The molecule has 0 bridgehead atoms. The first kappa shape index (κ1) is 20.1. The van der Waals surface area contributed by atoms with Gasteiger partial charge >= 0.3 is 0 Å². The van der Waals surface area contributed by atoms with E-state index in [1.54, 1.807) is 21.3 Å². The van der Waals surface area contributed by atoms with Crippen molar-refractivity contribution in [3.05, 3.63) is 72.1 Å². The molecule has 6 nitrogen and oxygen atoms in total. The Labute approximate surface area is 182 Å². The predicted octanol–water partition coefficient (Wildman–Crippen LogP) is 4.32. The van der Waals surface area contributed by atoms with E-state index in [-0.39, 0.29) is 6.04 Å². The van der Waals surface area contributed by atoms with Crippen LogP contribution in [0, 0.1) is 0 Å². The van der Waals surface area contributed by atoms with Crippen molar-refractivity contribution in [3.8, 4) is 17.2 Å². The Morgan fingerprint density at radius 2 is 1.70 bits per heavy atom. The summed E-state index contributed by atoms with van der Waals surface area (Å²) in [6, 6.07) is 18.0. The monoisotopic (exact) mass is 423 g/mol. The molecule has 0 spiro atoms. The van der Waals surface area contributed by atoms with Gasteiger partial charge in [-0.05, 0) is 66.3 Å². The highest BCUT2D eigenvalue weighted by molar-refractivity contribution is 7.80. The quantitative estimate of drug-likeness (QED) is 0.617. The molecule has 1 aliphatic heterocycles. The summed E-state index contributed by atoms with van der Waals surface area (Å²) in [5.41, 5.74) is 3.20. The zero-order chi connectivity index (χ0) is 21.1. The van der Waals surface area contributed by atoms with E-state index in [0.29, 0.717) is 16.6 Å². The van der Waals surface area contributed by atoms with Crippen LogP contribution in [-0.2, 0) is 6.54 Å². The van der Waals surface area contributed by atoms with Gasteiger partial charge in [0.1, 0.15) is 5.75 Å². The molecular formula is C23H25N3O3S. The molecule has 0 unspecified atom stereocenters. The summed E-state index contributed by atoms with van der Waals surface area (Å²) >= 11 is 5.83. The summed E-state index contributed by atoms with van der Waals surface area (Å²) < 4.78 is 18.5. The van der Waals surface area contributed by atoms with E-state index < -0.39 is 0 Å².